The number of hydrogen-bond donors (Lipinski definition) is 2. The largest absolute Gasteiger partial charge is 0.340 e. The minimum Gasteiger partial charge on any atom is -0.340 e. The summed E-state index contributed by atoms with van der Waals surface area (Å²) in [6.07, 6.45) is 1.72. The lowest BCUT2D eigenvalue weighted by Gasteiger charge is -2.23. The average molecular weight is 461 g/mol. The number of nitrogens with zero attached hydrogens (tertiary/aromatic N) is 2. The second kappa shape index (κ2) is 8.37. The van der Waals surface area contributed by atoms with Gasteiger partial charge in [0.2, 0.25) is 0 Å². The normalized spacial score (nSPS) is 16.3. The van der Waals surface area contributed by atoms with Crippen LogP contribution in [0.3, 0.4) is 0 Å². The molecule has 0 radical (unpaired) electrons. The summed E-state index contributed by atoms with van der Waals surface area (Å²) in [5.74, 6) is 0.650. The van der Waals surface area contributed by atoms with E-state index in [1.807, 2.05) is 48.2 Å². The van der Waals surface area contributed by atoms with Crippen LogP contribution < -0.4 is 4.72 Å². The predicted octanol–water partition coefficient (Wildman–Crippen LogP) is 4.65. The predicted molar refractivity (Wildman–Crippen MR) is 128 cm³/mol. The quantitative estimate of drug-likeness (QED) is 0.453. The zero-order valence-corrected chi connectivity index (χ0v) is 19.0. The maximum absolute atomic E-state index is 13.2. The molecule has 1 fully saturated rings. The van der Waals surface area contributed by atoms with Gasteiger partial charge in [0.25, 0.3) is 15.9 Å². The van der Waals surface area contributed by atoms with Gasteiger partial charge in [-0.25, -0.2) is 13.4 Å². The van der Waals surface area contributed by atoms with Gasteiger partial charge in [-0.05, 0) is 68.3 Å². The SMILES string of the molecule is Cc1ccc(NS(=O)(=O)c2ccc(C(=O)N3CCCC3c3nc4ccccc4[nH]3)cc2)cc1. The first-order chi connectivity index (χ1) is 15.9. The number of nitrogens with one attached hydrogen (secondary N) is 2. The number of H-pyrrole nitrogens is 1. The van der Waals surface area contributed by atoms with E-state index in [1.54, 1.807) is 24.3 Å². The van der Waals surface area contributed by atoms with Crippen LogP contribution >= 0.6 is 0 Å². The first-order valence-corrected chi connectivity index (χ1v) is 12.3. The summed E-state index contributed by atoms with van der Waals surface area (Å²) < 4.78 is 28.0. The second-order valence-corrected chi connectivity index (χ2v) is 9.97. The lowest BCUT2D eigenvalue weighted by atomic mass is 10.1. The molecule has 2 heterocycles. The van der Waals surface area contributed by atoms with Gasteiger partial charge in [0.05, 0.1) is 22.0 Å². The third kappa shape index (κ3) is 4.21. The zero-order valence-electron chi connectivity index (χ0n) is 18.2. The molecule has 4 aromatic rings. The van der Waals surface area contributed by atoms with E-state index in [4.69, 9.17) is 0 Å². The molecular formula is C25H24N4O3S. The number of carbonyl (C=O) groups is 1. The van der Waals surface area contributed by atoms with Gasteiger partial charge in [0, 0.05) is 17.8 Å². The number of sulfonamides is 1. The average Bonchev–Trinajstić information content (AvgIpc) is 3.47. The summed E-state index contributed by atoms with van der Waals surface area (Å²) in [5, 5.41) is 0. The van der Waals surface area contributed by atoms with E-state index in [1.165, 1.54) is 12.1 Å². The van der Waals surface area contributed by atoms with Crippen LogP contribution in [-0.2, 0) is 10.0 Å². The van der Waals surface area contributed by atoms with Gasteiger partial charge in [-0.3, -0.25) is 9.52 Å². The number of rotatable bonds is 5. The maximum atomic E-state index is 13.2. The number of imidazole rings is 1. The Kier molecular flexibility index (Phi) is 5.38. The van der Waals surface area contributed by atoms with Crippen molar-refractivity contribution in [1.29, 1.82) is 0 Å². The molecule has 0 aliphatic carbocycles. The Morgan fingerprint density at radius 2 is 1.76 bits per heavy atom. The fraction of sp³-hybridized carbons (Fsp3) is 0.200. The number of likely N-dealkylation sites (tertiary alicyclic amines) is 1. The van der Waals surface area contributed by atoms with Crippen LogP contribution in [0.1, 0.15) is 40.6 Å². The zero-order chi connectivity index (χ0) is 23.0. The van der Waals surface area contributed by atoms with Crippen LogP contribution in [0.4, 0.5) is 5.69 Å². The van der Waals surface area contributed by atoms with Crippen molar-refractivity contribution in [2.24, 2.45) is 0 Å². The third-order valence-corrected chi connectivity index (χ3v) is 7.35. The minimum absolute atomic E-state index is 0.106. The maximum Gasteiger partial charge on any atom is 0.261 e. The lowest BCUT2D eigenvalue weighted by Crippen LogP contribution is -2.31. The molecule has 3 aromatic carbocycles. The number of fused-ring (bicyclic) bond motifs is 1. The van der Waals surface area contributed by atoms with Crippen molar-refractivity contribution in [2.75, 3.05) is 11.3 Å². The molecule has 5 rings (SSSR count). The van der Waals surface area contributed by atoms with E-state index in [9.17, 15) is 13.2 Å². The fourth-order valence-corrected chi connectivity index (χ4v) is 5.26. The number of para-hydroxylation sites is 2. The highest BCUT2D eigenvalue weighted by atomic mass is 32.2. The van der Waals surface area contributed by atoms with E-state index >= 15 is 0 Å². The Balaban J connectivity index is 1.35. The first-order valence-electron chi connectivity index (χ1n) is 10.9. The Hall–Kier alpha value is -3.65. The van der Waals surface area contributed by atoms with Gasteiger partial charge in [0.1, 0.15) is 5.82 Å². The van der Waals surface area contributed by atoms with Gasteiger partial charge in [-0.15, -0.1) is 0 Å². The van der Waals surface area contributed by atoms with Gasteiger partial charge >= 0.3 is 0 Å². The van der Waals surface area contributed by atoms with Gasteiger partial charge in [0.15, 0.2) is 0 Å². The molecule has 1 unspecified atom stereocenters. The van der Waals surface area contributed by atoms with Crippen molar-refractivity contribution in [1.82, 2.24) is 14.9 Å². The Morgan fingerprint density at radius 3 is 2.48 bits per heavy atom. The molecule has 0 spiro atoms. The van der Waals surface area contributed by atoms with Gasteiger partial charge in [-0.1, -0.05) is 29.8 Å². The monoisotopic (exact) mass is 460 g/mol. The molecule has 1 aliphatic rings. The summed E-state index contributed by atoms with van der Waals surface area (Å²) >= 11 is 0. The van der Waals surface area contributed by atoms with Crippen LogP contribution in [0.15, 0.2) is 77.7 Å². The van der Waals surface area contributed by atoms with Crippen molar-refractivity contribution >= 4 is 32.7 Å². The van der Waals surface area contributed by atoms with Crippen molar-refractivity contribution in [3.63, 3.8) is 0 Å². The molecule has 1 aromatic heterocycles. The van der Waals surface area contributed by atoms with Crippen molar-refractivity contribution in [2.45, 2.75) is 30.7 Å². The number of amides is 1. The Bertz CT molecular complexity index is 1380. The smallest absolute Gasteiger partial charge is 0.261 e. The molecule has 7 nitrogen and oxygen atoms in total. The minimum atomic E-state index is -3.75. The highest BCUT2D eigenvalue weighted by molar-refractivity contribution is 7.92. The summed E-state index contributed by atoms with van der Waals surface area (Å²) in [7, 11) is -3.75. The van der Waals surface area contributed by atoms with Crippen LogP contribution in [0.25, 0.3) is 11.0 Å². The number of benzene rings is 3. The fourth-order valence-electron chi connectivity index (χ4n) is 4.20. The van der Waals surface area contributed by atoms with Crippen LogP contribution in [0.2, 0.25) is 0 Å². The second-order valence-electron chi connectivity index (χ2n) is 8.29. The Morgan fingerprint density at radius 1 is 1.03 bits per heavy atom. The molecule has 1 atom stereocenters. The molecule has 8 heteroatoms. The molecule has 2 N–H and O–H groups in total. The van der Waals surface area contributed by atoms with Gasteiger partial charge < -0.3 is 9.88 Å². The highest BCUT2D eigenvalue weighted by Crippen LogP contribution is 2.33. The van der Waals surface area contributed by atoms with Crippen LogP contribution in [0.5, 0.6) is 0 Å². The third-order valence-electron chi connectivity index (χ3n) is 5.95. The van der Waals surface area contributed by atoms with E-state index in [0.29, 0.717) is 17.8 Å². The van der Waals surface area contributed by atoms with Gasteiger partial charge in [-0.2, -0.15) is 0 Å². The highest BCUT2D eigenvalue weighted by Gasteiger charge is 2.32. The number of aromatic nitrogens is 2. The van der Waals surface area contributed by atoms with Crippen molar-refractivity contribution in [3.8, 4) is 0 Å². The molecule has 168 valence electrons. The summed E-state index contributed by atoms with van der Waals surface area (Å²) in [6.45, 7) is 2.57. The first kappa shape index (κ1) is 21.2. The van der Waals surface area contributed by atoms with Crippen molar-refractivity contribution in [3.05, 3.63) is 89.7 Å². The summed E-state index contributed by atoms with van der Waals surface area (Å²) in [5.41, 5.74) is 3.81. The van der Waals surface area contributed by atoms with E-state index in [-0.39, 0.29) is 16.8 Å². The molecular weight excluding hydrogens is 436 g/mol. The molecule has 0 bridgehead atoms. The molecule has 0 saturated carbocycles. The Labute approximate surface area is 192 Å². The summed E-state index contributed by atoms with van der Waals surface area (Å²) in [6, 6.07) is 20.9. The number of aryl methyl sites for hydroxylation is 1. The van der Waals surface area contributed by atoms with E-state index < -0.39 is 10.0 Å². The van der Waals surface area contributed by atoms with Crippen LogP contribution in [-0.4, -0.2) is 35.7 Å². The van der Waals surface area contributed by atoms with Crippen molar-refractivity contribution < 1.29 is 13.2 Å². The lowest BCUT2D eigenvalue weighted by molar-refractivity contribution is 0.0730. The standard InChI is InChI=1S/C25H24N4O3S/c1-17-8-12-19(13-9-17)28-33(31,32)20-14-10-18(11-15-20)25(30)29-16-4-7-23(29)24-26-21-5-2-3-6-22(21)27-24/h2-3,5-6,8-15,23,28H,4,7,16H2,1H3,(H,26,27). The molecule has 1 saturated heterocycles. The summed E-state index contributed by atoms with van der Waals surface area (Å²) in [4.78, 5) is 23.2. The molecule has 1 aliphatic heterocycles. The van der Waals surface area contributed by atoms with E-state index in [2.05, 4.69) is 14.7 Å². The number of carbonyl (C=O) groups excluding carboxylic acids is 1. The number of aromatic amines is 1. The topological polar surface area (TPSA) is 95.2 Å². The number of anilines is 1. The van der Waals surface area contributed by atoms with E-state index in [0.717, 1.165) is 35.3 Å². The molecule has 1 amide bonds. The molecule has 33 heavy (non-hydrogen) atoms. The number of hydrogen-bond acceptors (Lipinski definition) is 4. The van der Waals surface area contributed by atoms with Crippen LogP contribution in [0, 0.1) is 6.92 Å².